The fourth-order valence-corrected chi connectivity index (χ4v) is 1.61. The quantitative estimate of drug-likeness (QED) is 0.553. The number of nitrogens with two attached hydrogens (primary N) is 1. The SMILES string of the molecule is Cc1nc(CS(C)(=O)=O)nc(NN)c1F. The number of nitrogens with one attached hydrogen (secondary N) is 1. The molecule has 1 heterocycles. The van der Waals surface area contributed by atoms with E-state index in [-0.39, 0.29) is 23.1 Å². The number of nitrogens with zero attached hydrogens (tertiary/aromatic N) is 2. The zero-order valence-corrected chi connectivity index (χ0v) is 9.10. The number of nitrogen functional groups attached to an aromatic ring is 1. The van der Waals surface area contributed by atoms with Crippen LogP contribution >= 0.6 is 0 Å². The second-order valence-electron chi connectivity index (χ2n) is 3.10. The lowest BCUT2D eigenvalue weighted by Gasteiger charge is -2.06. The predicted molar refractivity (Wildman–Crippen MR) is 53.1 cm³/mol. The maximum absolute atomic E-state index is 13.2. The lowest BCUT2D eigenvalue weighted by molar-refractivity contribution is 0.592. The Morgan fingerprint density at radius 3 is 2.53 bits per heavy atom. The molecule has 6 nitrogen and oxygen atoms in total. The number of rotatable bonds is 3. The molecular weight excluding hydrogens is 223 g/mol. The number of hydrogen-bond acceptors (Lipinski definition) is 6. The van der Waals surface area contributed by atoms with Gasteiger partial charge in [0, 0.05) is 6.26 Å². The van der Waals surface area contributed by atoms with Crippen molar-refractivity contribution in [1.82, 2.24) is 9.97 Å². The normalized spacial score (nSPS) is 11.5. The van der Waals surface area contributed by atoms with Gasteiger partial charge in [-0.3, -0.25) is 0 Å². The van der Waals surface area contributed by atoms with Crippen LogP contribution in [0.3, 0.4) is 0 Å². The Kier molecular flexibility index (Phi) is 3.20. The van der Waals surface area contributed by atoms with Crippen LogP contribution in [-0.2, 0) is 15.6 Å². The summed E-state index contributed by atoms with van der Waals surface area (Å²) in [6.07, 6.45) is 1.05. The van der Waals surface area contributed by atoms with E-state index in [1.165, 1.54) is 6.92 Å². The van der Waals surface area contributed by atoms with Gasteiger partial charge in [-0.25, -0.2) is 28.6 Å². The van der Waals surface area contributed by atoms with Gasteiger partial charge in [-0.15, -0.1) is 0 Å². The van der Waals surface area contributed by atoms with E-state index in [1.54, 1.807) is 0 Å². The van der Waals surface area contributed by atoms with Gasteiger partial charge in [0.05, 0.1) is 5.69 Å². The molecule has 0 aliphatic carbocycles. The van der Waals surface area contributed by atoms with Crippen molar-refractivity contribution in [2.45, 2.75) is 12.7 Å². The maximum atomic E-state index is 13.2. The summed E-state index contributed by atoms with van der Waals surface area (Å²) in [5, 5.41) is 0. The molecule has 0 saturated carbocycles. The Labute approximate surface area is 86.6 Å². The molecule has 0 radical (unpaired) electrons. The highest BCUT2D eigenvalue weighted by Gasteiger charge is 2.13. The Bertz CT molecular complexity index is 474. The zero-order valence-electron chi connectivity index (χ0n) is 8.28. The molecule has 3 N–H and O–H groups in total. The summed E-state index contributed by atoms with van der Waals surface area (Å²) >= 11 is 0. The van der Waals surface area contributed by atoms with Crippen molar-refractivity contribution in [2.24, 2.45) is 5.84 Å². The molecule has 0 fully saturated rings. The van der Waals surface area contributed by atoms with Crippen LogP contribution in [0.2, 0.25) is 0 Å². The topological polar surface area (TPSA) is 98.0 Å². The maximum Gasteiger partial charge on any atom is 0.187 e. The summed E-state index contributed by atoms with van der Waals surface area (Å²) in [6.45, 7) is 1.41. The van der Waals surface area contributed by atoms with Gasteiger partial charge in [0.1, 0.15) is 11.6 Å². The van der Waals surface area contributed by atoms with Crippen LogP contribution in [0.5, 0.6) is 0 Å². The zero-order chi connectivity index (χ0) is 11.6. The van der Waals surface area contributed by atoms with Crippen LogP contribution in [0.15, 0.2) is 0 Å². The second kappa shape index (κ2) is 4.07. The molecule has 1 rings (SSSR count). The van der Waals surface area contributed by atoms with Crippen LogP contribution < -0.4 is 11.3 Å². The number of anilines is 1. The average molecular weight is 234 g/mol. The third-order valence-corrected chi connectivity index (χ3v) is 2.37. The highest BCUT2D eigenvalue weighted by molar-refractivity contribution is 7.89. The molecule has 0 amide bonds. The first-order chi connectivity index (χ1) is 6.83. The van der Waals surface area contributed by atoms with E-state index in [0.29, 0.717) is 0 Å². The molecule has 8 heteroatoms. The fourth-order valence-electron chi connectivity index (χ4n) is 1.01. The van der Waals surface area contributed by atoms with Gasteiger partial charge in [-0.2, -0.15) is 0 Å². The van der Waals surface area contributed by atoms with Gasteiger partial charge in [-0.1, -0.05) is 0 Å². The van der Waals surface area contributed by atoms with Crippen molar-refractivity contribution in [1.29, 1.82) is 0 Å². The third-order valence-electron chi connectivity index (χ3n) is 1.59. The summed E-state index contributed by atoms with van der Waals surface area (Å²) in [5.41, 5.74) is 2.09. The molecule has 0 unspecified atom stereocenters. The average Bonchev–Trinajstić information content (AvgIpc) is 2.08. The third kappa shape index (κ3) is 3.10. The summed E-state index contributed by atoms with van der Waals surface area (Å²) in [6, 6.07) is 0. The Morgan fingerprint density at radius 1 is 1.47 bits per heavy atom. The highest BCUT2D eigenvalue weighted by atomic mass is 32.2. The minimum Gasteiger partial charge on any atom is -0.306 e. The molecule has 15 heavy (non-hydrogen) atoms. The molecule has 0 aliphatic heterocycles. The summed E-state index contributed by atoms with van der Waals surface area (Å²) < 4.78 is 35.1. The summed E-state index contributed by atoms with van der Waals surface area (Å²) in [7, 11) is -3.25. The predicted octanol–water partition coefficient (Wildman–Crippen LogP) is -0.246. The van der Waals surface area contributed by atoms with Gasteiger partial charge in [0.25, 0.3) is 0 Å². The van der Waals surface area contributed by atoms with Gasteiger partial charge < -0.3 is 5.43 Å². The van der Waals surface area contributed by atoms with E-state index < -0.39 is 15.7 Å². The van der Waals surface area contributed by atoms with E-state index in [9.17, 15) is 12.8 Å². The first-order valence-electron chi connectivity index (χ1n) is 4.01. The molecule has 84 valence electrons. The van der Waals surface area contributed by atoms with E-state index >= 15 is 0 Å². The molecule has 0 aromatic carbocycles. The van der Waals surface area contributed by atoms with Crippen LogP contribution in [0.4, 0.5) is 10.2 Å². The standard InChI is InChI=1S/C7H11FN4O2S/c1-4-6(8)7(12-9)11-5(10-4)3-15(2,13)14/h3,9H2,1-2H3,(H,10,11,12). The van der Waals surface area contributed by atoms with Gasteiger partial charge in [-0.05, 0) is 6.92 Å². The first kappa shape index (κ1) is 11.8. The van der Waals surface area contributed by atoms with Crippen LogP contribution in [0.25, 0.3) is 0 Å². The van der Waals surface area contributed by atoms with E-state index in [1.807, 2.05) is 5.43 Å². The Hall–Kier alpha value is -1.28. The smallest absolute Gasteiger partial charge is 0.187 e. The summed E-state index contributed by atoms with van der Waals surface area (Å²) in [5.74, 6) is 3.80. The number of aromatic nitrogens is 2. The number of hydrogen-bond donors (Lipinski definition) is 2. The number of hydrazine groups is 1. The number of halogens is 1. The minimum absolute atomic E-state index is 0.0179. The van der Waals surface area contributed by atoms with Crippen molar-refractivity contribution in [3.8, 4) is 0 Å². The fraction of sp³-hybridized carbons (Fsp3) is 0.429. The van der Waals surface area contributed by atoms with Gasteiger partial charge in [0.2, 0.25) is 0 Å². The van der Waals surface area contributed by atoms with Crippen molar-refractivity contribution in [3.63, 3.8) is 0 Å². The van der Waals surface area contributed by atoms with E-state index in [0.717, 1.165) is 6.26 Å². The Morgan fingerprint density at radius 2 is 2.07 bits per heavy atom. The second-order valence-corrected chi connectivity index (χ2v) is 5.24. The lowest BCUT2D eigenvalue weighted by Crippen LogP contribution is -2.15. The van der Waals surface area contributed by atoms with Crippen molar-refractivity contribution < 1.29 is 12.8 Å². The molecular formula is C7H11FN4O2S. The van der Waals surface area contributed by atoms with Gasteiger partial charge >= 0.3 is 0 Å². The Balaban J connectivity index is 3.17. The number of sulfone groups is 1. The van der Waals surface area contributed by atoms with Crippen molar-refractivity contribution in [3.05, 3.63) is 17.3 Å². The monoisotopic (exact) mass is 234 g/mol. The largest absolute Gasteiger partial charge is 0.306 e. The number of aryl methyl sites for hydroxylation is 1. The first-order valence-corrected chi connectivity index (χ1v) is 6.07. The van der Waals surface area contributed by atoms with Crippen LogP contribution in [0.1, 0.15) is 11.5 Å². The molecule has 1 aromatic rings. The van der Waals surface area contributed by atoms with Crippen LogP contribution in [-0.4, -0.2) is 24.6 Å². The molecule has 0 saturated heterocycles. The van der Waals surface area contributed by atoms with Crippen LogP contribution in [0, 0.1) is 12.7 Å². The van der Waals surface area contributed by atoms with Gasteiger partial charge in [0.15, 0.2) is 21.5 Å². The minimum atomic E-state index is -3.25. The molecule has 0 bridgehead atoms. The lowest BCUT2D eigenvalue weighted by atomic mass is 10.4. The van der Waals surface area contributed by atoms with E-state index in [2.05, 4.69) is 9.97 Å². The molecule has 0 aliphatic rings. The highest BCUT2D eigenvalue weighted by Crippen LogP contribution is 2.13. The molecule has 0 spiro atoms. The van der Waals surface area contributed by atoms with E-state index in [4.69, 9.17) is 5.84 Å². The molecule has 1 aromatic heterocycles. The summed E-state index contributed by atoms with van der Waals surface area (Å²) in [4.78, 5) is 7.34. The molecule has 0 atom stereocenters. The van der Waals surface area contributed by atoms with Crippen molar-refractivity contribution in [2.75, 3.05) is 11.7 Å². The van der Waals surface area contributed by atoms with Crippen molar-refractivity contribution >= 4 is 15.7 Å².